The lowest BCUT2D eigenvalue weighted by atomic mass is 10.1. The van der Waals surface area contributed by atoms with Crippen LogP contribution in [0.2, 0.25) is 0 Å². The fourth-order valence-corrected chi connectivity index (χ4v) is 3.08. The maximum atomic E-state index is 12.6. The highest BCUT2D eigenvalue weighted by molar-refractivity contribution is 5.95. The molecule has 1 N–H and O–H groups in total. The molecule has 0 aliphatic carbocycles. The molecule has 1 aliphatic heterocycles. The van der Waals surface area contributed by atoms with Gasteiger partial charge in [0.05, 0.1) is 18.0 Å². The number of carboxylic acids is 1. The van der Waals surface area contributed by atoms with E-state index < -0.39 is 5.97 Å². The first-order chi connectivity index (χ1) is 12.6. The van der Waals surface area contributed by atoms with E-state index in [1.165, 1.54) is 6.08 Å². The summed E-state index contributed by atoms with van der Waals surface area (Å²) in [4.78, 5) is 29.4. The summed E-state index contributed by atoms with van der Waals surface area (Å²) in [5.41, 5.74) is 1.68. The highest BCUT2D eigenvalue weighted by Gasteiger charge is 2.22. The maximum Gasteiger partial charge on any atom is 0.305 e. The van der Waals surface area contributed by atoms with Gasteiger partial charge in [0.1, 0.15) is 0 Å². The molecule has 1 fully saturated rings. The fourth-order valence-electron chi connectivity index (χ4n) is 3.08. The lowest BCUT2D eigenvalue weighted by Gasteiger charge is -2.23. The third kappa shape index (κ3) is 4.67. The third-order valence-corrected chi connectivity index (χ3v) is 4.42. The van der Waals surface area contributed by atoms with Crippen LogP contribution < -0.4 is 0 Å². The van der Waals surface area contributed by atoms with Crippen LogP contribution >= 0.6 is 0 Å². The van der Waals surface area contributed by atoms with Crippen molar-refractivity contribution in [2.45, 2.75) is 25.4 Å². The number of ether oxygens (including phenoxy) is 1. The fraction of sp³-hybridized carbons (Fsp3) is 0.350. The second-order valence-corrected chi connectivity index (χ2v) is 6.32. The van der Waals surface area contributed by atoms with Crippen molar-refractivity contribution >= 4 is 28.9 Å². The van der Waals surface area contributed by atoms with Crippen molar-refractivity contribution in [1.29, 1.82) is 0 Å². The van der Waals surface area contributed by atoms with Gasteiger partial charge in [0.2, 0.25) is 5.91 Å². The van der Waals surface area contributed by atoms with Gasteiger partial charge in [-0.15, -0.1) is 0 Å². The van der Waals surface area contributed by atoms with E-state index in [4.69, 9.17) is 9.84 Å². The van der Waals surface area contributed by atoms with E-state index in [2.05, 4.69) is 4.98 Å². The first-order valence-corrected chi connectivity index (χ1v) is 8.77. The zero-order valence-electron chi connectivity index (χ0n) is 14.5. The maximum absolute atomic E-state index is 12.6. The van der Waals surface area contributed by atoms with Crippen molar-refractivity contribution in [3.05, 3.63) is 48.2 Å². The predicted octanol–water partition coefficient (Wildman–Crippen LogP) is 2.73. The number of nitrogens with zero attached hydrogens (tertiary/aromatic N) is 2. The largest absolute Gasteiger partial charge is 0.481 e. The van der Waals surface area contributed by atoms with Crippen LogP contribution in [-0.2, 0) is 14.3 Å². The van der Waals surface area contributed by atoms with Gasteiger partial charge >= 0.3 is 5.97 Å². The molecule has 2 aromatic rings. The minimum Gasteiger partial charge on any atom is -0.481 e. The summed E-state index contributed by atoms with van der Waals surface area (Å²) in [6.07, 6.45) is 6.72. The van der Waals surface area contributed by atoms with Crippen LogP contribution in [0.25, 0.3) is 17.0 Å². The van der Waals surface area contributed by atoms with Crippen LogP contribution in [0.4, 0.5) is 0 Å². The monoisotopic (exact) mass is 354 g/mol. The highest BCUT2D eigenvalue weighted by atomic mass is 16.5. The van der Waals surface area contributed by atoms with Crippen molar-refractivity contribution in [3.63, 3.8) is 0 Å². The lowest BCUT2D eigenvalue weighted by Crippen LogP contribution is -2.37. The van der Waals surface area contributed by atoms with Gasteiger partial charge in [-0.3, -0.25) is 14.6 Å². The number of fused-ring (bicyclic) bond motifs is 1. The molecule has 6 nitrogen and oxygen atoms in total. The summed E-state index contributed by atoms with van der Waals surface area (Å²) in [5.74, 6) is -1.13. The Labute approximate surface area is 152 Å². The number of hydrogen-bond acceptors (Lipinski definition) is 4. The average molecular weight is 354 g/mol. The molecule has 1 unspecified atom stereocenters. The van der Waals surface area contributed by atoms with Gasteiger partial charge in [0.15, 0.2) is 0 Å². The smallest absolute Gasteiger partial charge is 0.305 e. The number of amides is 1. The molecule has 1 aliphatic rings. The summed E-state index contributed by atoms with van der Waals surface area (Å²) in [5, 5.41) is 9.94. The second-order valence-electron chi connectivity index (χ2n) is 6.32. The van der Waals surface area contributed by atoms with Gasteiger partial charge in [-0.2, -0.15) is 0 Å². The summed E-state index contributed by atoms with van der Waals surface area (Å²) >= 11 is 0. The van der Waals surface area contributed by atoms with Gasteiger partial charge in [0, 0.05) is 42.9 Å². The van der Waals surface area contributed by atoms with Crippen LogP contribution in [0.5, 0.6) is 0 Å². The molecule has 2 heterocycles. The molecule has 1 saturated heterocycles. The molecule has 0 spiro atoms. The quantitative estimate of drug-likeness (QED) is 0.774. The average Bonchev–Trinajstić information content (AvgIpc) is 3.16. The van der Waals surface area contributed by atoms with Crippen molar-refractivity contribution in [3.8, 4) is 0 Å². The highest BCUT2D eigenvalue weighted by Crippen LogP contribution is 2.18. The second kappa shape index (κ2) is 8.58. The first kappa shape index (κ1) is 18.1. The Morgan fingerprint density at radius 1 is 1.31 bits per heavy atom. The predicted molar refractivity (Wildman–Crippen MR) is 98.6 cm³/mol. The van der Waals surface area contributed by atoms with Gasteiger partial charge in [0.25, 0.3) is 0 Å². The van der Waals surface area contributed by atoms with Crippen molar-refractivity contribution in [2.24, 2.45) is 0 Å². The number of aromatic nitrogens is 1. The van der Waals surface area contributed by atoms with Crippen LogP contribution in [0, 0.1) is 0 Å². The normalized spacial score (nSPS) is 17.0. The summed E-state index contributed by atoms with van der Waals surface area (Å²) in [7, 11) is 0. The topological polar surface area (TPSA) is 79.7 Å². The summed E-state index contributed by atoms with van der Waals surface area (Å²) < 4.78 is 5.59. The SMILES string of the molecule is O=C(O)CCN(CC1CCCO1)C(=O)/C=C/c1cccc2cccnc12. The molecule has 1 amide bonds. The molecule has 26 heavy (non-hydrogen) atoms. The Balaban J connectivity index is 1.74. The van der Waals surface area contributed by atoms with E-state index in [1.807, 2.05) is 30.3 Å². The van der Waals surface area contributed by atoms with Crippen LogP contribution in [0.3, 0.4) is 0 Å². The molecule has 0 radical (unpaired) electrons. The Kier molecular flexibility index (Phi) is 5.96. The van der Waals surface area contributed by atoms with E-state index in [9.17, 15) is 9.59 Å². The first-order valence-electron chi connectivity index (χ1n) is 8.77. The number of para-hydroxylation sites is 1. The van der Waals surface area contributed by atoms with E-state index in [0.717, 1.165) is 29.3 Å². The number of hydrogen-bond donors (Lipinski definition) is 1. The standard InChI is InChI=1S/C20H22N2O4/c23-18(22(12-10-19(24)25)14-17-7-3-13-26-17)9-8-16-5-1-4-15-6-2-11-21-20(15)16/h1-2,4-6,8-9,11,17H,3,7,10,12-14H2,(H,24,25)/b9-8+. The molecule has 136 valence electrons. The molecule has 0 saturated carbocycles. The Hall–Kier alpha value is -2.73. The van der Waals surface area contributed by atoms with Crippen LogP contribution in [-0.4, -0.2) is 52.7 Å². The van der Waals surface area contributed by atoms with Crippen molar-refractivity contribution < 1.29 is 19.4 Å². The van der Waals surface area contributed by atoms with Gasteiger partial charge in [-0.05, 0) is 25.0 Å². The number of carboxylic acid groups (broad SMARTS) is 1. The van der Waals surface area contributed by atoms with Crippen molar-refractivity contribution in [1.82, 2.24) is 9.88 Å². The van der Waals surface area contributed by atoms with Crippen LogP contribution in [0.1, 0.15) is 24.8 Å². The minimum absolute atomic E-state index is 0.0135. The van der Waals surface area contributed by atoms with Gasteiger partial charge < -0.3 is 14.7 Å². The van der Waals surface area contributed by atoms with Gasteiger partial charge in [-0.1, -0.05) is 24.3 Å². The zero-order chi connectivity index (χ0) is 18.4. The Morgan fingerprint density at radius 3 is 2.92 bits per heavy atom. The minimum atomic E-state index is -0.919. The molecule has 3 rings (SSSR count). The molecular weight excluding hydrogens is 332 g/mol. The number of rotatable bonds is 7. The third-order valence-electron chi connectivity index (χ3n) is 4.42. The Bertz CT molecular complexity index is 807. The van der Waals surface area contributed by atoms with E-state index in [1.54, 1.807) is 17.2 Å². The molecule has 6 heteroatoms. The van der Waals surface area contributed by atoms with E-state index in [-0.39, 0.29) is 25.0 Å². The zero-order valence-corrected chi connectivity index (χ0v) is 14.5. The van der Waals surface area contributed by atoms with E-state index >= 15 is 0 Å². The molecule has 1 atom stereocenters. The Morgan fingerprint density at radius 2 is 2.15 bits per heavy atom. The molecule has 1 aromatic carbocycles. The van der Waals surface area contributed by atoms with E-state index in [0.29, 0.717) is 13.2 Å². The summed E-state index contributed by atoms with van der Waals surface area (Å²) in [6.45, 7) is 1.29. The number of carbonyl (C=O) groups excluding carboxylic acids is 1. The number of carbonyl (C=O) groups is 2. The number of pyridine rings is 1. The van der Waals surface area contributed by atoms with Crippen molar-refractivity contribution in [2.75, 3.05) is 19.7 Å². The van der Waals surface area contributed by atoms with Gasteiger partial charge in [-0.25, -0.2) is 0 Å². The molecular formula is C20H22N2O4. The number of benzene rings is 1. The van der Waals surface area contributed by atoms with Crippen LogP contribution in [0.15, 0.2) is 42.6 Å². The number of aliphatic carboxylic acids is 1. The molecule has 1 aromatic heterocycles. The lowest BCUT2D eigenvalue weighted by molar-refractivity contribution is -0.138. The summed E-state index contributed by atoms with van der Waals surface area (Å²) in [6, 6.07) is 9.63. The molecule has 0 bridgehead atoms.